The first kappa shape index (κ1) is 16.7. The van der Waals surface area contributed by atoms with Crippen LogP contribution in [0.1, 0.15) is 50.5 Å². The summed E-state index contributed by atoms with van der Waals surface area (Å²) in [5, 5.41) is 0. The standard InChI is InChI=1S/C16H24O4/c1-11(17)13-7-8-15(14(9-13)16(3,4)5)20-10-19-12(2)18-6/h7-9,12H,10H2,1-6H3. The number of carbonyl (C=O) groups excluding carboxylic acids is 1. The molecule has 0 N–H and O–H groups in total. The third kappa shape index (κ3) is 4.62. The number of carbonyl (C=O) groups is 1. The van der Waals surface area contributed by atoms with Gasteiger partial charge in [-0.3, -0.25) is 4.79 Å². The molecule has 4 nitrogen and oxygen atoms in total. The molecule has 20 heavy (non-hydrogen) atoms. The molecule has 1 unspecified atom stereocenters. The SMILES string of the molecule is COC(C)OCOc1ccc(C(C)=O)cc1C(C)(C)C. The van der Waals surface area contributed by atoms with Gasteiger partial charge in [-0.2, -0.15) is 0 Å². The first-order valence-corrected chi connectivity index (χ1v) is 6.68. The summed E-state index contributed by atoms with van der Waals surface area (Å²) in [6.45, 7) is 9.71. The maximum atomic E-state index is 11.5. The molecule has 0 heterocycles. The van der Waals surface area contributed by atoms with Gasteiger partial charge < -0.3 is 14.2 Å². The van der Waals surface area contributed by atoms with E-state index in [1.165, 1.54) is 0 Å². The minimum Gasteiger partial charge on any atom is -0.467 e. The number of benzene rings is 1. The van der Waals surface area contributed by atoms with E-state index in [1.807, 2.05) is 12.1 Å². The Morgan fingerprint density at radius 3 is 2.45 bits per heavy atom. The van der Waals surface area contributed by atoms with Crippen LogP contribution < -0.4 is 4.74 Å². The summed E-state index contributed by atoms with van der Waals surface area (Å²) in [6, 6.07) is 5.47. The number of hydrogen-bond acceptors (Lipinski definition) is 4. The molecule has 0 spiro atoms. The van der Waals surface area contributed by atoms with Crippen LogP contribution in [0, 0.1) is 0 Å². The van der Waals surface area contributed by atoms with Crippen molar-refractivity contribution in [3.05, 3.63) is 29.3 Å². The number of rotatable bonds is 6. The van der Waals surface area contributed by atoms with E-state index in [0.717, 1.165) is 11.3 Å². The molecule has 0 aliphatic rings. The van der Waals surface area contributed by atoms with Gasteiger partial charge >= 0.3 is 0 Å². The van der Waals surface area contributed by atoms with Crippen molar-refractivity contribution in [1.29, 1.82) is 0 Å². The van der Waals surface area contributed by atoms with E-state index in [9.17, 15) is 4.79 Å². The Kier molecular flexibility index (Phi) is 5.72. The molecule has 1 atom stereocenters. The lowest BCUT2D eigenvalue weighted by Crippen LogP contribution is -2.18. The fraction of sp³-hybridized carbons (Fsp3) is 0.562. The molecule has 0 aliphatic heterocycles. The summed E-state index contributed by atoms with van der Waals surface area (Å²) < 4.78 is 16.0. The molecule has 0 saturated carbocycles. The van der Waals surface area contributed by atoms with E-state index >= 15 is 0 Å². The van der Waals surface area contributed by atoms with Crippen molar-refractivity contribution in [2.45, 2.75) is 46.3 Å². The summed E-state index contributed by atoms with van der Waals surface area (Å²) >= 11 is 0. The van der Waals surface area contributed by atoms with Crippen LogP contribution in [0.3, 0.4) is 0 Å². The van der Waals surface area contributed by atoms with Crippen LogP contribution in [0.25, 0.3) is 0 Å². The van der Waals surface area contributed by atoms with Gasteiger partial charge in [0.05, 0.1) is 0 Å². The Hall–Kier alpha value is -1.39. The predicted molar refractivity (Wildman–Crippen MR) is 78.2 cm³/mol. The quantitative estimate of drug-likeness (QED) is 0.590. The van der Waals surface area contributed by atoms with Crippen LogP contribution in [0.4, 0.5) is 0 Å². The van der Waals surface area contributed by atoms with E-state index in [4.69, 9.17) is 14.2 Å². The van der Waals surface area contributed by atoms with E-state index < -0.39 is 0 Å². The summed E-state index contributed by atoms with van der Waals surface area (Å²) in [7, 11) is 1.58. The molecule has 0 fully saturated rings. The maximum absolute atomic E-state index is 11.5. The molecule has 0 aliphatic carbocycles. The number of methoxy groups -OCH3 is 1. The zero-order valence-corrected chi connectivity index (χ0v) is 13.1. The predicted octanol–water partition coefficient (Wildman–Crippen LogP) is 3.53. The Balaban J connectivity index is 2.92. The second kappa shape index (κ2) is 6.86. The van der Waals surface area contributed by atoms with Crippen LogP contribution in [-0.4, -0.2) is 26.0 Å². The molecular formula is C16H24O4. The van der Waals surface area contributed by atoms with Crippen molar-refractivity contribution in [1.82, 2.24) is 0 Å². The summed E-state index contributed by atoms with van der Waals surface area (Å²) in [5.74, 6) is 0.775. The van der Waals surface area contributed by atoms with Gasteiger partial charge in [-0.05, 0) is 37.5 Å². The molecule has 0 amide bonds. The van der Waals surface area contributed by atoms with Crippen molar-refractivity contribution in [2.24, 2.45) is 0 Å². The second-order valence-electron chi connectivity index (χ2n) is 5.75. The average Bonchev–Trinajstić information content (AvgIpc) is 2.37. The Labute approximate surface area is 121 Å². The molecule has 1 rings (SSSR count). The van der Waals surface area contributed by atoms with Crippen LogP contribution in [0.2, 0.25) is 0 Å². The van der Waals surface area contributed by atoms with Crippen LogP contribution >= 0.6 is 0 Å². The van der Waals surface area contributed by atoms with Gasteiger partial charge in [-0.25, -0.2) is 0 Å². The Morgan fingerprint density at radius 2 is 1.95 bits per heavy atom. The number of Topliss-reactive ketones (excluding diaryl/α,β-unsaturated/α-hetero) is 1. The molecule has 1 aromatic rings. The highest BCUT2D eigenvalue weighted by molar-refractivity contribution is 5.94. The van der Waals surface area contributed by atoms with Crippen molar-refractivity contribution >= 4 is 5.78 Å². The van der Waals surface area contributed by atoms with Gasteiger partial charge in [-0.15, -0.1) is 0 Å². The topological polar surface area (TPSA) is 44.8 Å². The fourth-order valence-electron chi connectivity index (χ4n) is 1.72. The Morgan fingerprint density at radius 1 is 1.30 bits per heavy atom. The van der Waals surface area contributed by atoms with Crippen molar-refractivity contribution in [3.63, 3.8) is 0 Å². The van der Waals surface area contributed by atoms with E-state index in [1.54, 1.807) is 27.0 Å². The smallest absolute Gasteiger partial charge is 0.191 e. The van der Waals surface area contributed by atoms with Crippen LogP contribution in [0.5, 0.6) is 5.75 Å². The molecule has 0 radical (unpaired) electrons. The molecular weight excluding hydrogens is 256 g/mol. The highest BCUT2D eigenvalue weighted by Gasteiger charge is 2.20. The van der Waals surface area contributed by atoms with Gasteiger partial charge in [-0.1, -0.05) is 20.8 Å². The lowest BCUT2D eigenvalue weighted by Gasteiger charge is -2.23. The largest absolute Gasteiger partial charge is 0.467 e. The maximum Gasteiger partial charge on any atom is 0.191 e. The lowest BCUT2D eigenvalue weighted by atomic mass is 9.85. The zero-order valence-electron chi connectivity index (χ0n) is 13.1. The number of hydrogen-bond donors (Lipinski definition) is 0. The summed E-state index contributed by atoms with van der Waals surface area (Å²) in [6.07, 6.45) is -0.315. The van der Waals surface area contributed by atoms with Gasteiger partial charge in [0.25, 0.3) is 0 Å². The average molecular weight is 280 g/mol. The van der Waals surface area contributed by atoms with E-state index in [2.05, 4.69) is 20.8 Å². The molecule has 0 saturated heterocycles. The number of ether oxygens (including phenoxy) is 3. The zero-order chi connectivity index (χ0) is 15.3. The van der Waals surface area contributed by atoms with Gasteiger partial charge in [0.2, 0.25) is 0 Å². The molecule has 0 aromatic heterocycles. The number of ketones is 1. The minimum absolute atomic E-state index is 0.0475. The van der Waals surface area contributed by atoms with Gasteiger partial charge in [0, 0.05) is 18.2 Å². The van der Waals surface area contributed by atoms with Gasteiger partial charge in [0.15, 0.2) is 18.9 Å². The van der Waals surface area contributed by atoms with Crippen molar-refractivity contribution < 1.29 is 19.0 Å². The molecule has 0 bridgehead atoms. The Bertz CT molecular complexity index is 460. The monoisotopic (exact) mass is 280 g/mol. The first-order chi connectivity index (χ1) is 9.25. The summed E-state index contributed by atoms with van der Waals surface area (Å²) in [4.78, 5) is 11.5. The second-order valence-corrected chi connectivity index (χ2v) is 5.75. The minimum atomic E-state index is -0.315. The highest BCUT2D eigenvalue weighted by Crippen LogP contribution is 2.32. The van der Waals surface area contributed by atoms with Crippen LogP contribution in [-0.2, 0) is 14.9 Å². The van der Waals surface area contributed by atoms with Crippen LogP contribution in [0.15, 0.2) is 18.2 Å². The first-order valence-electron chi connectivity index (χ1n) is 6.68. The third-order valence-electron chi connectivity index (χ3n) is 3.04. The van der Waals surface area contributed by atoms with E-state index in [-0.39, 0.29) is 24.3 Å². The summed E-state index contributed by atoms with van der Waals surface area (Å²) in [5.41, 5.74) is 1.56. The van der Waals surface area contributed by atoms with Crippen molar-refractivity contribution in [2.75, 3.05) is 13.9 Å². The molecule has 4 heteroatoms. The lowest BCUT2D eigenvalue weighted by molar-refractivity contribution is -0.149. The third-order valence-corrected chi connectivity index (χ3v) is 3.04. The van der Waals surface area contributed by atoms with Gasteiger partial charge in [0.1, 0.15) is 5.75 Å². The molecule has 112 valence electrons. The normalized spacial score (nSPS) is 13.1. The highest BCUT2D eigenvalue weighted by atomic mass is 16.7. The fourth-order valence-corrected chi connectivity index (χ4v) is 1.72. The van der Waals surface area contributed by atoms with Crippen molar-refractivity contribution in [3.8, 4) is 5.75 Å². The van der Waals surface area contributed by atoms with E-state index in [0.29, 0.717) is 5.56 Å². The molecule has 1 aromatic carbocycles.